The molecule has 5 nitrogen and oxygen atoms in total. The third-order valence-corrected chi connectivity index (χ3v) is 4.57. The van der Waals surface area contributed by atoms with E-state index in [0.717, 1.165) is 23.1 Å². The summed E-state index contributed by atoms with van der Waals surface area (Å²) in [4.78, 5) is 26.3. The third-order valence-electron chi connectivity index (χ3n) is 4.23. The number of carbonyl (C=O) groups excluding carboxylic acids is 2. The molecule has 0 aliphatic carbocycles. The van der Waals surface area contributed by atoms with E-state index in [1.165, 1.54) is 0 Å². The van der Waals surface area contributed by atoms with Crippen molar-refractivity contribution in [1.29, 1.82) is 0 Å². The molecule has 9 heteroatoms. The van der Waals surface area contributed by atoms with Crippen molar-refractivity contribution in [3.05, 3.63) is 34.3 Å². The summed E-state index contributed by atoms with van der Waals surface area (Å²) in [6, 6.07) is 1.15. The molecule has 0 saturated carbocycles. The van der Waals surface area contributed by atoms with Crippen molar-refractivity contribution in [1.82, 2.24) is 4.90 Å². The quantitative estimate of drug-likeness (QED) is 0.616. The van der Waals surface area contributed by atoms with E-state index in [0.29, 0.717) is 0 Å². The van der Waals surface area contributed by atoms with Crippen LogP contribution < -0.4 is 0 Å². The number of benzene rings is 1. The van der Waals surface area contributed by atoms with Gasteiger partial charge in [0.05, 0.1) is 18.2 Å². The van der Waals surface area contributed by atoms with Gasteiger partial charge in [0.25, 0.3) is 0 Å². The Morgan fingerprint density at radius 2 is 1.86 bits per heavy atom. The van der Waals surface area contributed by atoms with Crippen LogP contribution in [0.2, 0.25) is 5.02 Å². The Balaban J connectivity index is 2.47. The fraction of sp³-hybridized carbons (Fsp3) is 0.579. The molecule has 1 aromatic carbocycles. The van der Waals surface area contributed by atoms with Crippen LogP contribution in [-0.4, -0.2) is 35.2 Å². The average Bonchev–Trinajstić information content (AvgIpc) is 2.97. The summed E-state index contributed by atoms with van der Waals surface area (Å²) in [5.74, 6) is -0.626. The van der Waals surface area contributed by atoms with Gasteiger partial charge in [-0.05, 0) is 64.3 Å². The molecule has 28 heavy (non-hydrogen) atoms. The van der Waals surface area contributed by atoms with Crippen LogP contribution in [0, 0.1) is 0 Å². The van der Waals surface area contributed by atoms with E-state index < -0.39 is 41.5 Å². The Labute approximate surface area is 166 Å². The summed E-state index contributed by atoms with van der Waals surface area (Å²) < 4.78 is 49.9. The fourth-order valence-corrected chi connectivity index (χ4v) is 3.37. The molecule has 1 saturated heterocycles. The van der Waals surface area contributed by atoms with Crippen molar-refractivity contribution in [2.75, 3.05) is 6.61 Å². The zero-order valence-electron chi connectivity index (χ0n) is 16.1. The zero-order chi connectivity index (χ0) is 21.3. The van der Waals surface area contributed by atoms with Crippen LogP contribution in [0.4, 0.5) is 18.0 Å². The first-order chi connectivity index (χ1) is 12.8. The molecular formula is C19H23ClF3NO4. The molecule has 1 aromatic rings. The Morgan fingerprint density at radius 3 is 2.39 bits per heavy atom. The number of hydrogen-bond acceptors (Lipinski definition) is 4. The monoisotopic (exact) mass is 421 g/mol. The molecule has 1 amide bonds. The molecule has 1 aliphatic rings. The van der Waals surface area contributed by atoms with Crippen LogP contribution in [0.1, 0.15) is 57.7 Å². The maximum atomic E-state index is 13.1. The number of halogens is 4. The van der Waals surface area contributed by atoms with Gasteiger partial charge in [-0.1, -0.05) is 11.6 Å². The minimum atomic E-state index is -4.56. The lowest BCUT2D eigenvalue weighted by molar-refractivity contribution is -0.148. The first-order valence-corrected chi connectivity index (χ1v) is 9.27. The van der Waals surface area contributed by atoms with E-state index in [1.807, 2.05) is 0 Å². The van der Waals surface area contributed by atoms with Crippen molar-refractivity contribution >= 4 is 23.7 Å². The predicted molar refractivity (Wildman–Crippen MR) is 96.9 cm³/mol. The number of esters is 1. The number of ether oxygens (including phenoxy) is 2. The van der Waals surface area contributed by atoms with Crippen LogP contribution in [0.5, 0.6) is 0 Å². The van der Waals surface area contributed by atoms with Crippen molar-refractivity contribution < 1.29 is 32.2 Å². The predicted octanol–water partition coefficient (Wildman–Crippen LogP) is 5.36. The number of rotatable bonds is 3. The van der Waals surface area contributed by atoms with Crippen molar-refractivity contribution in [2.24, 2.45) is 0 Å². The first-order valence-electron chi connectivity index (χ1n) is 8.89. The molecule has 2 atom stereocenters. The van der Waals surface area contributed by atoms with Crippen LogP contribution in [0.25, 0.3) is 0 Å². The van der Waals surface area contributed by atoms with E-state index >= 15 is 0 Å². The molecule has 0 N–H and O–H groups in total. The maximum Gasteiger partial charge on any atom is 0.416 e. The Hall–Kier alpha value is -1.96. The standard InChI is InChI=1S/C19H23ClF3NO4/c1-5-27-16(25)15-9-8-14(24(15)17(26)28-18(2,3)4)12-10-11(19(21,22)23)6-7-13(12)20/h6-7,10,14-15H,5,8-9H2,1-4H3. The summed E-state index contributed by atoms with van der Waals surface area (Å²) >= 11 is 6.16. The van der Waals surface area contributed by atoms with Gasteiger partial charge in [0.15, 0.2) is 0 Å². The number of carbonyl (C=O) groups is 2. The van der Waals surface area contributed by atoms with E-state index in [9.17, 15) is 22.8 Å². The summed E-state index contributed by atoms with van der Waals surface area (Å²) in [5, 5.41) is 0.0797. The van der Waals surface area contributed by atoms with Gasteiger partial charge < -0.3 is 9.47 Å². The maximum absolute atomic E-state index is 13.1. The second-order valence-corrected chi connectivity index (χ2v) is 7.89. The van der Waals surface area contributed by atoms with Crippen molar-refractivity contribution in [2.45, 2.75) is 64.4 Å². The molecule has 1 fully saturated rings. The van der Waals surface area contributed by atoms with Gasteiger partial charge in [-0.2, -0.15) is 13.2 Å². The fourth-order valence-electron chi connectivity index (χ4n) is 3.13. The molecule has 2 rings (SSSR count). The topological polar surface area (TPSA) is 55.8 Å². The number of alkyl halides is 3. The van der Waals surface area contributed by atoms with Gasteiger partial charge in [0, 0.05) is 5.02 Å². The van der Waals surface area contributed by atoms with Crippen molar-refractivity contribution in [3.63, 3.8) is 0 Å². The van der Waals surface area contributed by atoms with Gasteiger partial charge >= 0.3 is 18.2 Å². The highest BCUT2D eigenvalue weighted by Crippen LogP contribution is 2.42. The summed E-state index contributed by atoms with van der Waals surface area (Å²) in [5.41, 5.74) is -1.61. The smallest absolute Gasteiger partial charge is 0.416 e. The molecule has 1 heterocycles. The first kappa shape index (κ1) is 22.3. The Kier molecular flexibility index (Phi) is 6.53. The average molecular weight is 422 g/mol. The normalized spacial score (nSPS) is 20.2. The summed E-state index contributed by atoms with van der Waals surface area (Å²) in [6.07, 6.45) is -4.88. The van der Waals surface area contributed by atoms with E-state index in [-0.39, 0.29) is 30.0 Å². The highest BCUT2D eigenvalue weighted by molar-refractivity contribution is 6.31. The number of likely N-dealkylation sites (tertiary alicyclic amines) is 1. The highest BCUT2D eigenvalue weighted by Gasteiger charge is 2.45. The van der Waals surface area contributed by atoms with Gasteiger partial charge in [-0.3, -0.25) is 4.90 Å². The number of hydrogen-bond donors (Lipinski definition) is 0. The zero-order valence-corrected chi connectivity index (χ0v) is 16.9. The van der Waals surface area contributed by atoms with E-state index in [1.54, 1.807) is 27.7 Å². The molecule has 0 aromatic heterocycles. The number of amides is 1. The van der Waals surface area contributed by atoms with Gasteiger partial charge in [-0.15, -0.1) is 0 Å². The SMILES string of the molecule is CCOC(=O)C1CCC(c2cc(C(F)(F)F)ccc2Cl)N1C(=O)OC(C)(C)C. The molecule has 2 unspecified atom stereocenters. The molecule has 0 radical (unpaired) electrons. The van der Waals surface area contributed by atoms with Crippen LogP contribution in [0.3, 0.4) is 0 Å². The van der Waals surface area contributed by atoms with Crippen molar-refractivity contribution in [3.8, 4) is 0 Å². The van der Waals surface area contributed by atoms with Crippen LogP contribution in [-0.2, 0) is 20.4 Å². The molecule has 156 valence electrons. The van der Waals surface area contributed by atoms with Crippen LogP contribution in [0.15, 0.2) is 18.2 Å². The lowest BCUT2D eigenvalue weighted by Crippen LogP contribution is -2.45. The lowest BCUT2D eigenvalue weighted by Gasteiger charge is -2.32. The molecular weight excluding hydrogens is 399 g/mol. The molecule has 0 bridgehead atoms. The van der Waals surface area contributed by atoms with Crippen LogP contribution >= 0.6 is 11.6 Å². The third kappa shape index (κ3) is 5.10. The minimum absolute atomic E-state index is 0.0797. The number of nitrogens with zero attached hydrogens (tertiary/aromatic N) is 1. The molecule has 1 aliphatic heterocycles. The summed E-state index contributed by atoms with van der Waals surface area (Å²) in [7, 11) is 0. The lowest BCUT2D eigenvalue weighted by atomic mass is 10.0. The van der Waals surface area contributed by atoms with Gasteiger partial charge in [-0.25, -0.2) is 9.59 Å². The summed E-state index contributed by atoms with van der Waals surface area (Å²) in [6.45, 7) is 6.73. The Morgan fingerprint density at radius 1 is 1.21 bits per heavy atom. The van der Waals surface area contributed by atoms with Gasteiger partial charge in [0.2, 0.25) is 0 Å². The van der Waals surface area contributed by atoms with E-state index in [4.69, 9.17) is 21.1 Å². The molecule has 0 spiro atoms. The second kappa shape index (κ2) is 8.19. The highest BCUT2D eigenvalue weighted by atomic mass is 35.5. The Bertz CT molecular complexity index is 746. The minimum Gasteiger partial charge on any atom is -0.464 e. The largest absolute Gasteiger partial charge is 0.464 e. The van der Waals surface area contributed by atoms with Gasteiger partial charge in [0.1, 0.15) is 11.6 Å². The van der Waals surface area contributed by atoms with E-state index in [2.05, 4.69) is 0 Å². The second-order valence-electron chi connectivity index (χ2n) is 7.48.